The molecule has 0 saturated heterocycles. The summed E-state index contributed by atoms with van der Waals surface area (Å²) in [5.74, 6) is 0.542. The van der Waals surface area contributed by atoms with Gasteiger partial charge in [-0.3, -0.25) is 4.99 Å². The Labute approximate surface area is 191 Å². The Kier molecular flexibility index (Phi) is 4.76. The monoisotopic (exact) mass is 433 g/mol. The Balaban J connectivity index is 1.63. The second-order valence-corrected chi connectivity index (χ2v) is 8.18. The molecule has 0 radical (unpaired) electrons. The molecule has 0 spiro atoms. The smallest absolute Gasteiger partial charge is 0.237 e. The molecule has 2 aliphatic carbocycles. The molecule has 0 amide bonds. The zero-order chi connectivity index (χ0) is 22.2. The number of para-hydroxylation sites is 3. The van der Waals surface area contributed by atoms with E-state index in [4.69, 9.17) is 14.7 Å². The molecule has 33 heavy (non-hydrogen) atoms. The third kappa shape index (κ3) is 3.69. The summed E-state index contributed by atoms with van der Waals surface area (Å²) in [6, 6.07) is 27.1. The highest BCUT2D eigenvalue weighted by Crippen LogP contribution is 2.32. The number of methoxy groups -OCH3 is 1. The number of ether oxygens (including phenoxy) is 1. The van der Waals surface area contributed by atoms with Crippen LogP contribution < -0.4 is 15.4 Å². The number of hydrogen-bond acceptors (Lipinski definition) is 5. The van der Waals surface area contributed by atoms with Crippen molar-refractivity contribution in [2.24, 2.45) is 4.99 Å². The molecule has 1 aromatic heterocycles. The second kappa shape index (κ2) is 8.06. The van der Waals surface area contributed by atoms with E-state index >= 15 is 0 Å². The molecule has 2 aromatic carbocycles. The van der Waals surface area contributed by atoms with Crippen LogP contribution in [0.1, 0.15) is 12.8 Å². The molecule has 0 unspecified atom stereocenters. The first-order chi connectivity index (χ1) is 16.3. The lowest BCUT2D eigenvalue weighted by atomic mass is 10.1. The molecule has 1 aliphatic heterocycles. The molecule has 2 heterocycles. The van der Waals surface area contributed by atoms with Crippen molar-refractivity contribution in [3.05, 3.63) is 90.4 Å². The molecular formula is C27H23N5O. The SMILES string of the molecule is COc1ncccc1Nc1cc2nc3ccccc3n(-c3ccccc3)c-2c/c1=N\C1CC1. The van der Waals surface area contributed by atoms with Gasteiger partial charge in [0.05, 0.1) is 46.6 Å². The minimum Gasteiger partial charge on any atom is -0.480 e. The lowest BCUT2D eigenvalue weighted by molar-refractivity contribution is 0.400. The first-order valence-electron chi connectivity index (χ1n) is 11.1. The van der Waals surface area contributed by atoms with E-state index in [1.54, 1.807) is 13.3 Å². The minimum atomic E-state index is 0.373. The van der Waals surface area contributed by atoms with Gasteiger partial charge in [-0.2, -0.15) is 0 Å². The van der Waals surface area contributed by atoms with E-state index in [9.17, 15) is 0 Å². The van der Waals surface area contributed by atoms with Crippen LogP contribution in [0.15, 0.2) is 90.1 Å². The highest BCUT2D eigenvalue weighted by atomic mass is 16.5. The highest BCUT2D eigenvalue weighted by molar-refractivity contribution is 5.84. The first kappa shape index (κ1) is 19.5. The first-order valence-corrected chi connectivity index (χ1v) is 11.1. The maximum atomic E-state index is 5.45. The van der Waals surface area contributed by atoms with Crippen molar-refractivity contribution >= 4 is 22.4 Å². The van der Waals surface area contributed by atoms with Gasteiger partial charge in [0, 0.05) is 11.9 Å². The average Bonchev–Trinajstić information content (AvgIpc) is 3.68. The molecule has 1 N–H and O–H groups in total. The van der Waals surface area contributed by atoms with Crippen molar-refractivity contribution in [3.63, 3.8) is 0 Å². The van der Waals surface area contributed by atoms with Gasteiger partial charge in [0.1, 0.15) is 5.69 Å². The standard InChI is InChI=1S/C27H23N5O/c1-33-27-21(11-7-15-28-27)31-22-16-24-26(17-23(22)29-18-13-14-18)32(19-8-3-2-4-9-19)25-12-6-5-10-20(25)30-24/h2-12,15-18,31H,13-14H2,1H3/b29-23+. The van der Waals surface area contributed by atoms with Gasteiger partial charge < -0.3 is 14.6 Å². The van der Waals surface area contributed by atoms with Crippen LogP contribution in [-0.4, -0.2) is 27.7 Å². The van der Waals surface area contributed by atoms with Crippen LogP contribution in [0.4, 0.5) is 11.4 Å². The third-order valence-electron chi connectivity index (χ3n) is 5.81. The number of rotatable bonds is 5. The lowest BCUT2D eigenvalue weighted by Gasteiger charge is -2.20. The summed E-state index contributed by atoms with van der Waals surface area (Å²) in [6.07, 6.45) is 3.97. The number of nitrogens with one attached hydrogen (secondary N) is 1. The van der Waals surface area contributed by atoms with E-state index in [0.717, 1.165) is 57.7 Å². The molecule has 1 fully saturated rings. The molecule has 6 nitrogen and oxygen atoms in total. The molecule has 6 heteroatoms. The number of fused-ring (bicyclic) bond motifs is 2. The van der Waals surface area contributed by atoms with Crippen LogP contribution in [0.3, 0.4) is 0 Å². The van der Waals surface area contributed by atoms with Crippen LogP contribution in [0, 0.1) is 0 Å². The fraction of sp³-hybridized carbons (Fsp3) is 0.148. The van der Waals surface area contributed by atoms with E-state index in [1.807, 2.05) is 30.3 Å². The van der Waals surface area contributed by atoms with Gasteiger partial charge in [0.25, 0.3) is 0 Å². The Morgan fingerprint density at radius 3 is 2.58 bits per heavy atom. The summed E-state index contributed by atoms with van der Waals surface area (Å²) >= 11 is 0. The molecule has 162 valence electrons. The van der Waals surface area contributed by atoms with Gasteiger partial charge in [0.2, 0.25) is 5.88 Å². The number of anilines is 2. The van der Waals surface area contributed by atoms with E-state index in [1.165, 1.54) is 0 Å². The average molecular weight is 434 g/mol. The van der Waals surface area contributed by atoms with Crippen molar-refractivity contribution in [3.8, 4) is 23.0 Å². The number of benzene rings is 3. The highest BCUT2D eigenvalue weighted by Gasteiger charge is 2.22. The van der Waals surface area contributed by atoms with Gasteiger partial charge in [-0.25, -0.2) is 9.97 Å². The summed E-state index contributed by atoms with van der Waals surface area (Å²) in [6.45, 7) is 0. The number of hydrogen-bond donors (Lipinski definition) is 1. The van der Waals surface area contributed by atoms with Crippen LogP contribution in [0.25, 0.3) is 28.1 Å². The van der Waals surface area contributed by atoms with Gasteiger partial charge in [-0.15, -0.1) is 0 Å². The summed E-state index contributed by atoms with van der Waals surface area (Å²) in [5, 5.41) is 4.41. The van der Waals surface area contributed by atoms with Gasteiger partial charge in [-0.05, 0) is 61.4 Å². The maximum absolute atomic E-state index is 5.45. The molecule has 3 aliphatic rings. The topological polar surface area (TPSA) is 64.3 Å². The van der Waals surface area contributed by atoms with Gasteiger partial charge in [0.15, 0.2) is 0 Å². The van der Waals surface area contributed by atoms with E-state index in [-0.39, 0.29) is 0 Å². The number of pyridine rings is 1. The quantitative estimate of drug-likeness (QED) is 0.380. The predicted molar refractivity (Wildman–Crippen MR) is 130 cm³/mol. The predicted octanol–water partition coefficient (Wildman–Crippen LogP) is 5.34. The van der Waals surface area contributed by atoms with Crippen molar-refractivity contribution in [2.75, 3.05) is 12.4 Å². The van der Waals surface area contributed by atoms with Crippen LogP contribution >= 0.6 is 0 Å². The van der Waals surface area contributed by atoms with E-state index < -0.39 is 0 Å². The summed E-state index contributed by atoms with van der Waals surface area (Å²) in [7, 11) is 1.62. The molecule has 1 saturated carbocycles. The fourth-order valence-electron chi connectivity index (χ4n) is 4.10. The van der Waals surface area contributed by atoms with Crippen LogP contribution in [0.5, 0.6) is 5.88 Å². The molecular weight excluding hydrogens is 410 g/mol. The van der Waals surface area contributed by atoms with Crippen LogP contribution in [0.2, 0.25) is 0 Å². The van der Waals surface area contributed by atoms with Crippen molar-refractivity contribution in [2.45, 2.75) is 18.9 Å². The zero-order valence-corrected chi connectivity index (χ0v) is 18.3. The van der Waals surface area contributed by atoms with Crippen LogP contribution in [-0.2, 0) is 0 Å². The fourth-order valence-corrected chi connectivity index (χ4v) is 4.10. The third-order valence-corrected chi connectivity index (χ3v) is 5.81. The Bertz CT molecular complexity index is 1490. The molecule has 0 atom stereocenters. The van der Waals surface area contributed by atoms with Crippen molar-refractivity contribution in [1.82, 2.24) is 14.5 Å². The Morgan fingerprint density at radius 1 is 0.939 bits per heavy atom. The lowest BCUT2D eigenvalue weighted by Crippen LogP contribution is -2.16. The van der Waals surface area contributed by atoms with Gasteiger partial charge in [-0.1, -0.05) is 30.3 Å². The Morgan fingerprint density at radius 2 is 1.76 bits per heavy atom. The summed E-state index contributed by atoms with van der Waals surface area (Å²) in [5.41, 5.74) is 6.68. The van der Waals surface area contributed by atoms with Gasteiger partial charge >= 0.3 is 0 Å². The summed E-state index contributed by atoms with van der Waals surface area (Å²) in [4.78, 5) is 14.3. The molecule has 6 rings (SSSR count). The zero-order valence-electron chi connectivity index (χ0n) is 18.3. The Hall–Kier alpha value is -4.19. The molecule has 3 aromatic rings. The van der Waals surface area contributed by atoms with Crippen molar-refractivity contribution < 1.29 is 4.74 Å². The second-order valence-electron chi connectivity index (χ2n) is 8.18. The van der Waals surface area contributed by atoms with E-state index in [2.05, 4.69) is 63.4 Å². The molecule has 0 bridgehead atoms. The van der Waals surface area contributed by atoms with Crippen molar-refractivity contribution in [1.29, 1.82) is 0 Å². The maximum Gasteiger partial charge on any atom is 0.237 e. The number of aromatic nitrogens is 3. The number of nitrogens with zero attached hydrogens (tertiary/aromatic N) is 4. The summed E-state index contributed by atoms with van der Waals surface area (Å²) < 4.78 is 7.71. The largest absolute Gasteiger partial charge is 0.480 e. The normalized spacial score (nSPS) is 14.0. The minimum absolute atomic E-state index is 0.373. The van der Waals surface area contributed by atoms with E-state index in [0.29, 0.717) is 11.9 Å².